The van der Waals surface area contributed by atoms with E-state index in [0.717, 1.165) is 45.4 Å². The number of fused-ring (bicyclic) bond motifs is 1. The number of amides is 1. The van der Waals surface area contributed by atoms with E-state index in [-0.39, 0.29) is 18.6 Å². The SMILES string of the molecule is O=C(COC1CCNCC1)N1CCc2sccc2C1. The van der Waals surface area contributed by atoms with Crippen LogP contribution in [-0.2, 0) is 22.5 Å². The quantitative estimate of drug-likeness (QED) is 0.910. The molecule has 1 fully saturated rings. The van der Waals surface area contributed by atoms with Crippen LogP contribution in [0.4, 0.5) is 0 Å². The highest BCUT2D eigenvalue weighted by Gasteiger charge is 2.22. The second kappa shape index (κ2) is 6.03. The molecule has 5 heteroatoms. The molecule has 3 heterocycles. The predicted octanol–water partition coefficient (Wildman–Crippen LogP) is 1.40. The van der Waals surface area contributed by atoms with Gasteiger partial charge in [0.05, 0.1) is 6.10 Å². The van der Waals surface area contributed by atoms with Gasteiger partial charge in [-0.1, -0.05) is 0 Å². The molecule has 1 aromatic rings. The number of carbonyl (C=O) groups is 1. The van der Waals surface area contributed by atoms with Gasteiger partial charge < -0.3 is 15.0 Å². The summed E-state index contributed by atoms with van der Waals surface area (Å²) >= 11 is 1.80. The summed E-state index contributed by atoms with van der Waals surface area (Å²) < 4.78 is 5.74. The van der Waals surface area contributed by atoms with E-state index >= 15 is 0 Å². The molecule has 0 radical (unpaired) electrons. The summed E-state index contributed by atoms with van der Waals surface area (Å²) in [5, 5.41) is 5.41. The Kier molecular flexibility index (Phi) is 4.15. The second-order valence-corrected chi connectivity index (χ2v) is 6.20. The molecule has 1 amide bonds. The lowest BCUT2D eigenvalue weighted by Crippen LogP contribution is -2.40. The molecule has 0 unspecified atom stereocenters. The van der Waals surface area contributed by atoms with Crippen molar-refractivity contribution >= 4 is 17.2 Å². The number of thiophene rings is 1. The Balaban J connectivity index is 1.48. The zero-order valence-corrected chi connectivity index (χ0v) is 11.9. The summed E-state index contributed by atoms with van der Waals surface area (Å²) in [6.07, 6.45) is 3.28. The summed E-state index contributed by atoms with van der Waals surface area (Å²) in [4.78, 5) is 15.5. The monoisotopic (exact) mass is 280 g/mol. The molecule has 2 aliphatic heterocycles. The third-order valence-corrected chi connectivity index (χ3v) is 4.91. The maximum atomic E-state index is 12.2. The van der Waals surface area contributed by atoms with Crippen LogP contribution in [0.5, 0.6) is 0 Å². The van der Waals surface area contributed by atoms with Crippen LogP contribution in [0.1, 0.15) is 23.3 Å². The zero-order chi connectivity index (χ0) is 13.1. The van der Waals surface area contributed by atoms with E-state index in [1.807, 2.05) is 4.90 Å². The summed E-state index contributed by atoms with van der Waals surface area (Å²) in [5.74, 6) is 0.135. The number of nitrogens with one attached hydrogen (secondary N) is 1. The van der Waals surface area contributed by atoms with Gasteiger partial charge in [-0.2, -0.15) is 0 Å². The predicted molar refractivity (Wildman–Crippen MR) is 75.3 cm³/mol. The maximum absolute atomic E-state index is 12.2. The van der Waals surface area contributed by atoms with Gasteiger partial charge in [0.2, 0.25) is 5.91 Å². The van der Waals surface area contributed by atoms with Crippen LogP contribution in [-0.4, -0.2) is 43.2 Å². The average Bonchev–Trinajstić information content (AvgIpc) is 2.93. The molecule has 1 aromatic heterocycles. The molecule has 0 saturated carbocycles. The van der Waals surface area contributed by atoms with Gasteiger partial charge in [0, 0.05) is 18.0 Å². The van der Waals surface area contributed by atoms with E-state index < -0.39 is 0 Å². The third kappa shape index (κ3) is 3.16. The highest BCUT2D eigenvalue weighted by Crippen LogP contribution is 2.24. The van der Waals surface area contributed by atoms with Crippen LogP contribution < -0.4 is 5.32 Å². The highest BCUT2D eigenvalue weighted by molar-refractivity contribution is 7.10. The van der Waals surface area contributed by atoms with Crippen molar-refractivity contribution < 1.29 is 9.53 Å². The van der Waals surface area contributed by atoms with Crippen molar-refractivity contribution in [1.29, 1.82) is 0 Å². The van der Waals surface area contributed by atoms with E-state index in [9.17, 15) is 4.79 Å². The van der Waals surface area contributed by atoms with Gasteiger partial charge in [-0.05, 0) is 49.4 Å². The van der Waals surface area contributed by atoms with E-state index in [2.05, 4.69) is 16.8 Å². The molecule has 104 valence electrons. The fraction of sp³-hybridized carbons (Fsp3) is 0.643. The molecule has 0 atom stereocenters. The van der Waals surface area contributed by atoms with Gasteiger partial charge in [0.1, 0.15) is 6.61 Å². The number of piperidine rings is 1. The van der Waals surface area contributed by atoms with Crippen molar-refractivity contribution in [1.82, 2.24) is 10.2 Å². The molecule has 0 aliphatic carbocycles. The van der Waals surface area contributed by atoms with Crippen molar-refractivity contribution in [2.75, 3.05) is 26.2 Å². The summed E-state index contributed by atoms with van der Waals surface area (Å²) in [6.45, 7) is 3.83. The third-order valence-electron chi connectivity index (χ3n) is 3.89. The fourth-order valence-electron chi connectivity index (χ4n) is 2.70. The summed E-state index contributed by atoms with van der Waals surface area (Å²) in [7, 11) is 0. The number of hydrogen-bond acceptors (Lipinski definition) is 4. The molecular formula is C14H20N2O2S. The molecule has 1 saturated heterocycles. The first-order chi connectivity index (χ1) is 9.33. The molecular weight excluding hydrogens is 260 g/mol. The standard InChI is InChI=1S/C14H20N2O2S/c17-14(10-18-12-1-5-15-6-2-12)16-7-3-13-11(9-16)4-8-19-13/h4,8,12,15H,1-3,5-7,9-10H2. The van der Waals surface area contributed by atoms with E-state index in [4.69, 9.17) is 4.74 Å². The fourth-order valence-corrected chi connectivity index (χ4v) is 3.59. The minimum Gasteiger partial charge on any atom is -0.368 e. The van der Waals surface area contributed by atoms with Gasteiger partial charge in [0.15, 0.2) is 0 Å². The van der Waals surface area contributed by atoms with Gasteiger partial charge in [0.25, 0.3) is 0 Å². The van der Waals surface area contributed by atoms with Gasteiger partial charge >= 0.3 is 0 Å². The Morgan fingerprint density at radius 2 is 2.32 bits per heavy atom. The van der Waals surface area contributed by atoms with Crippen LogP contribution in [0.25, 0.3) is 0 Å². The normalized spacial score (nSPS) is 20.3. The Bertz CT molecular complexity index is 440. The minimum absolute atomic E-state index is 0.135. The van der Waals surface area contributed by atoms with E-state index in [0.29, 0.717) is 0 Å². The van der Waals surface area contributed by atoms with Crippen molar-refractivity contribution in [2.24, 2.45) is 0 Å². The largest absolute Gasteiger partial charge is 0.368 e. The number of hydrogen-bond donors (Lipinski definition) is 1. The van der Waals surface area contributed by atoms with Crippen LogP contribution in [0.3, 0.4) is 0 Å². The van der Waals surface area contributed by atoms with Crippen LogP contribution in [0.15, 0.2) is 11.4 Å². The number of nitrogens with zero attached hydrogens (tertiary/aromatic N) is 1. The van der Waals surface area contributed by atoms with Crippen LogP contribution in [0, 0.1) is 0 Å². The lowest BCUT2D eigenvalue weighted by molar-refractivity contribution is -0.139. The lowest BCUT2D eigenvalue weighted by Gasteiger charge is -2.28. The second-order valence-electron chi connectivity index (χ2n) is 5.19. The smallest absolute Gasteiger partial charge is 0.248 e. The van der Waals surface area contributed by atoms with Crippen LogP contribution in [0.2, 0.25) is 0 Å². The maximum Gasteiger partial charge on any atom is 0.248 e. The molecule has 19 heavy (non-hydrogen) atoms. The first kappa shape index (κ1) is 13.1. The van der Waals surface area contributed by atoms with E-state index in [1.165, 1.54) is 10.4 Å². The summed E-state index contributed by atoms with van der Waals surface area (Å²) in [6, 6.07) is 2.13. The summed E-state index contributed by atoms with van der Waals surface area (Å²) in [5.41, 5.74) is 1.31. The lowest BCUT2D eigenvalue weighted by atomic mass is 10.1. The molecule has 0 aromatic carbocycles. The van der Waals surface area contributed by atoms with E-state index in [1.54, 1.807) is 11.3 Å². The van der Waals surface area contributed by atoms with Crippen molar-refractivity contribution in [3.05, 3.63) is 21.9 Å². The zero-order valence-electron chi connectivity index (χ0n) is 11.1. The van der Waals surface area contributed by atoms with Gasteiger partial charge in [-0.25, -0.2) is 0 Å². The van der Waals surface area contributed by atoms with Crippen LogP contribution >= 0.6 is 11.3 Å². The molecule has 0 bridgehead atoms. The Hall–Kier alpha value is -0.910. The Morgan fingerprint density at radius 1 is 1.47 bits per heavy atom. The van der Waals surface area contributed by atoms with Crippen molar-refractivity contribution in [2.45, 2.75) is 31.9 Å². The average molecular weight is 280 g/mol. The number of rotatable bonds is 3. The molecule has 4 nitrogen and oxygen atoms in total. The highest BCUT2D eigenvalue weighted by atomic mass is 32.1. The Morgan fingerprint density at radius 3 is 3.16 bits per heavy atom. The Labute approximate surface area is 117 Å². The van der Waals surface area contributed by atoms with Crippen molar-refractivity contribution in [3.8, 4) is 0 Å². The van der Waals surface area contributed by atoms with Crippen molar-refractivity contribution in [3.63, 3.8) is 0 Å². The molecule has 3 rings (SSSR count). The van der Waals surface area contributed by atoms with Gasteiger partial charge in [-0.15, -0.1) is 11.3 Å². The van der Waals surface area contributed by atoms with Gasteiger partial charge in [-0.3, -0.25) is 4.79 Å². The topological polar surface area (TPSA) is 41.6 Å². The number of carbonyl (C=O) groups excluding carboxylic acids is 1. The first-order valence-electron chi connectivity index (χ1n) is 6.98. The first-order valence-corrected chi connectivity index (χ1v) is 7.86. The number of ether oxygens (including phenoxy) is 1. The molecule has 0 spiro atoms. The minimum atomic E-state index is 0.135. The molecule has 2 aliphatic rings. The molecule has 1 N–H and O–H groups in total.